The van der Waals surface area contributed by atoms with E-state index in [1.54, 1.807) is 12.1 Å². The van der Waals surface area contributed by atoms with Gasteiger partial charge in [-0.2, -0.15) is 0 Å². The van der Waals surface area contributed by atoms with E-state index in [1.165, 1.54) is 35.2 Å². The molecule has 0 aromatic heterocycles. The summed E-state index contributed by atoms with van der Waals surface area (Å²) in [4.78, 5) is 40.5. The van der Waals surface area contributed by atoms with Gasteiger partial charge >= 0.3 is 6.03 Å². The van der Waals surface area contributed by atoms with Crippen molar-refractivity contribution in [3.05, 3.63) is 72.6 Å². The molecule has 2 aromatic rings. The van der Waals surface area contributed by atoms with Crippen LogP contribution in [0.4, 0.5) is 20.6 Å². The highest BCUT2D eigenvalue weighted by Gasteiger charge is 2.46. The monoisotopic (exact) mass is 395 g/mol. The molecule has 0 aliphatic carbocycles. The summed E-state index contributed by atoms with van der Waals surface area (Å²) in [5, 5.41) is 2.76. The zero-order valence-electron chi connectivity index (χ0n) is 16.1. The molecule has 0 bridgehead atoms. The number of nitrogens with one attached hydrogen (secondary N) is 1. The van der Waals surface area contributed by atoms with Crippen molar-refractivity contribution >= 4 is 29.2 Å². The van der Waals surface area contributed by atoms with Crippen LogP contribution >= 0.6 is 0 Å². The highest BCUT2D eigenvalue weighted by atomic mass is 19.1. The molecule has 7 heteroatoms. The molecule has 6 nitrogen and oxygen atoms in total. The number of nitrogens with zero attached hydrogens (tertiary/aromatic N) is 2. The molecule has 1 aliphatic rings. The second-order valence-electron chi connectivity index (χ2n) is 6.69. The van der Waals surface area contributed by atoms with Gasteiger partial charge in [-0.25, -0.2) is 14.1 Å². The van der Waals surface area contributed by atoms with Gasteiger partial charge < -0.3 is 10.2 Å². The second kappa shape index (κ2) is 8.68. The lowest BCUT2D eigenvalue weighted by molar-refractivity contribution is -0.124. The highest BCUT2D eigenvalue weighted by molar-refractivity contribution is 6.22. The predicted octanol–water partition coefficient (Wildman–Crippen LogP) is 3.74. The Hall–Kier alpha value is -3.48. The number of imide groups is 1. The average Bonchev–Trinajstić information content (AvgIpc) is 2.94. The van der Waals surface area contributed by atoms with Crippen molar-refractivity contribution in [3.63, 3.8) is 0 Å². The van der Waals surface area contributed by atoms with Gasteiger partial charge in [-0.1, -0.05) is 25.1 Å². The molecule has 4 amide bonds. The molecule has 1 aliphatic heterocycles. The molecule has 0 saturated carbocycles. The minimum absolute atomic E-state index is 0.116. The summed E-state index contributed by atoms with van der Waals surface area (Å²) < 4.78 is 13.2. The number of hydrogen-bond acceptors (Lipinski definition) is 3. The standard InChI is InChI=1S/C22H22FN3O3/c1-3-13-25-19(14-20(27)24-17-9-5-15(4-2)6-10-17)21(28)26(22(25)29)18-11-7-16(23)8-12-18/h3,5-12,19H,1,4,13-14H2,2H3,(H,24,27)/t19-/m1/s1. The Morgan fingerprint density at radius 3 is 2.38 bits per heavy atom. The van der Waals surface area contributed by atoms with E-state index in [2.05, 4.69) is 11.9 Å². The van der Waals surface area contributed by atoms with Crippen molar-refractivity contribution in [2.24, 2.45) is 0 Å². The Labute approximate surface area is 168 Å². The quantitative estimate of drug-likeness (QED) is 0.574. The van der Waals surface area contributed by atoms with Gasteiger partial charge in [-0.05, 0) is 48.4 Å². The van der Waals surface area contributed by atoms with Crippen molar-refractivity contribution in [1.82, 2.24) is 4.90 Å². The Kier molecular flexibility index (Phi) is 6.07. The van der Waals surface area contributed by atoms with E-state index in [9.17, 15) is 18.8 Å². The number of urea groups is 1. The maximum absolute atomic E-state index is 13.2. The lowest BCUT2D eigenvalue weighted by Crippen LogP contribution is -2.38. The van der Waals surface area contributed by atoms with Crippen LogP contribution in [-0.2, 0) is 16.0 Å². The Morgan fingerprint density at radius 2 is 1.79 bits per heavy atom. The minimum atomic E-state index is -0.958. The summed E-state index contributed by atoms with van der Waals surface area (Å²) in [5.41, 5.74) is 2.02. The predicted molar refractivity (Wildman–Crippen MR) is 109 cm³/mol. The fraction of sp³-hybridized carbons (Fsp3) is 0.227. The summed E-state index contributed by atoms with van der Waals surface area (Å²) in [6, 6.07) is 11.0. The number of amides is 4. The Bertz CT molecular complexity index is 925. The first kappa shape index (κ1) is 20.3. The van der Waals surface area contributed by atoms with Crippen LogP contribution in [0.5, 0.6) is 0 Å². The third-order valence-corrected chi connectivity index (χ3v) is 4.75. The van der Waals surface area contributed by atoms with Crippen LogP contribution in [0, 0.1) is 5.82 Å². The molecule has 1 atom stereocenters. The first-order chi connectivity index (χ1) is 13.9. The molecule has 1 fully saturated rings. The van der Waals surface area contributed by atoms with Gasteiger partial charge in [-0.15, -0.1) is 6.58 Å². The minimum Gasteiger partial charge on any atom is -0.326 e. The van der Waals surface area contributed by atoms with Crippen molar-refractivity contribution < 1.29 is 18.8 Å². The van der Waals surface area contributed by atoms with E-state index in [4.69, 9.17) is 0 Å². The number of anilines is 2. The molecule has 1 N–H and O–H groups in total. The number of benzene rings is 2. The summed E-state index contributed by atoms with van der Waals surface area (Å²) in [6.45, 7) is 5.77. The first-order valence-corrected chi connectivity index (χ1v) is 9.34. The summed E-state index contributed by atoms with van der Waals surface area (Å²) in [7, 11) is 0. The lowest BCUT2D eigenvalue weighted by atomic mass is 10.1. The SMILES string of the molecule is C=CCN1C(=O)N(c2ccc(F)cc2)C(=O)[C@H]1CC(=O)Nc1ccc(CC)cc1. The number of carbonyl (C=O) groups is 3. The number of hydrogen-bond donors (Lipinski definition) is 1. The molecule has 3 rings (SSSR count). The maximum atomic E-state index is 13.2. The van der Waals surface area contributed by atoms with Crippen molar-refractivity contribution in [3.8, 4) is 0 Å². The number of aryl methyl sites for hydroxylation is 1. The first-order valence-electron chi connectivity index (χ1n) is 9.34. The van der Waals surface area contributed by atoms with Crippen molar-refractivity contribution in [2.45, 2.75) is 25.8 Å². The van der Waals surface area contributed by atoms with Gasteiger partial charge in [-0.3, -0.25) is 9.59 Å². The maximum Gasteiger partial charge on any atom is 0.332 e. The van der Waals surface area contributed by atoms with Crippen LogP contribution in [0.25, 0.3) is 0 Å². The van der Waals surface area contributed by atoms with E-state index in [1.807, 2.05) is 19.1 Å². The van der Waals surface area contributed by atoms with Crippen LogP contribution in [0.15, 0.2) is 61.2 Å². The zero-order chi connectivity index (χ0) is 21.0. The topological polar surface area (TPSA) is 69.7 Å². The largest absolute Gasteiger partial charge is 0.332 e. The molecule has 0 unspecified atom stereocenters. The van der Waals surface area contributed by atoms with E-state index >= 15 is 0 Å². The average molecular weight is 395 g/mol. The molecule has 1 heterocycles. The van der Waals surface area contributed by atoms with Gasteiger partial charge in [0.2, 0.25) is 5.91 Å². The van der Waals surface area contributed by atoms with Gasteiger partial charge in [0, 0.05) is 12.2 Å². The molecule has 0 radical (unpaired) electrons. The van der Waals surface area contributed by atoms with Crippen molar-refractivity contribution in [2.75, 3.05) is 16.8 Å². The van der Waals surface area contributed by atoms with Crippen LogP contribution < -0.4 is 10.2 Å². The smallest absolute Gasteiger partial charge is 0.326 e. The van der Waals surface area contributed by atoms with E-state index in [0.717, 1.165) is 16.9 Å². The van der Waals surface area contributed by atoms with Crippen molar-refractivity contribution in [1.29, 1.82) is 0 Å². The van der Waals surface area contributed by atoms with Crippen LogP contribution in [0.3, 0.4) is 0 Å². The third-order valence-electron chi connectivity index (χ3n) is 4.75. The second-order valence-corrected chi connectivity index (χ2v) is 6.69. The summed E-state index contributed by atoms with van der Waals surface area (Å²) >= 11 is 0. The molecular formula is C22H22FN3O3. The van der Waals surface area contributed by atoms with Gasteiger partial charge in [0.05, 0.1) is 12.1 Å². The molecule has 150 valence electrons. The number of halogens is 1. The number of rotatable bonds is 7. The van der Waals surface area contributed by atoms with Gasteiger partial charge in [0.1, 0.15) is 11.9 Å². The van der Waals surface area contributed by atoms with Gasteiger partial charge in [0.15, 0.2) is 0 Å². The molecule has 0 spiro atoms. The zero-order valence-corrected chi connectivity index (χ0v) is 16.1. The van der Waals surface area contributed by atoms with E-state index < -0.39 is 23.8 Å². The third kappa shape index (κ3) is 4.34. The summed E-state index contributed by atoms with van der Waals surface area (Å²) in [5.74, 6) is -1.38. The van der Waals surface area contributed by atoms with Gasteiger partial charge in [0.25, 0.3) is 5.91 Å². The summed E-state index contributed by atoms with van der Waals surface area (Å²) in [6.07, 6.45) is 2.20. The van der Waals surface area contributed by atoms with Crippen LogP contribution in [0.1, 0.15) is 18.9 Å². The fourth-order valence-corrected chi connectivity index (χ4v) is 3.22. The lowest BCUT2D eigenvalue weighted by Gasteiger charge is -2.19. The number of carbonyl (C=O) groups excluding carboxylic acids is 3. The Balaban J connectivity index is 1.77. The van der Waals surface area contributed by atoms with E-state index in [0.29, 0.717) is 5.69 Å². The molecule has 1 saturated heterocycles. The molecular weight excluding hydrogens is 373 g/mol. The molecule has 29 heavy (non-hydrogen) atoms. The van der Waals surface area contributed by atoms with E-state index in [-0.39, 0.29) is 24.6 Å². The molecule has 2 aromatic carbocycles. The highest BCUT2D eigenvalue weighted by Crippen LogP contribution is 2.27. The van der Waals surface area contributed by atoms with Crippen LogP contribution in [0.2, 0.25) is 0 Å². The van der Waals surface area contributed by atoms with Crippen LogP contribution in [-0.4, -0.2) is 35.3 Å². The normalized spacial score (nSPS) is 16.3. The fourth-order valence-electron chi connectivity index (χ4n) is 3.22. The Morgan fingerprint density at radius 1 is 1.14 bits per heavy atom.